The number of amides is 1. The number of aryl methyl sites for hydroxylation is 1. The Morgan fingerprint density at radius 1 is 1.59 bits per heavy atom. The Labute approximate surface area is 105 Å². The van der Waals surface area contributed by atoms with Crippen LogP contribution >= 0.6 is 11.3 Å². The molecule has 17 heavy (non-hydrogen) atoms. The van der Waals surface area contributed by atoms with Crippen molar-refractivity contribution >= 4 is 23.3 Å². The number of thiophene rings is 1. The number of carbonyl (C=O) groups is 1. The number of aliphatic hydroxyl groups is 2. The fraction of sp³-hybridized carbons (Fsp3) is 0.417. The van der Waals surface area contributed by atoms with Crippen LogP contribution in [0.3, 0.4) is 0 Å². The van der Waals surface area contributed by atoms with E-state index in [0.717, 1.165) is 4.88 Å². The first-order valence-corrected chi connectivity index (χ1v) is 6.10. The number of rotatable bonds is 5. The van der Waals surface area contributed by atoms with E-state index in [9.17, 15) is 9.90 Å². The molecule has 1 heterocycles. The fourth-order valence-electron chi connectivity index (χ4n) is 1.09. The molecule has 0 fully saturated rings. The van der Waals surface area contributed by atoms with Crippen LogP contribution in [0.15, 0.2) is 18.2 Å². The molecular formula is C12H17NO3S. The van der Waals surface area contributed by atoms with Crippen LogP contribution in [0.5, 0.6) is 0 Å². The van der Waals surface area contributed by atoms with Gasteiger partial charge < -0.3 is 15.5 Å². The predicted molar refractivity (Wildman–Crippen MR) is 68.8 cm³/mol. The maximum absolute atomic E-state index is 11.4. The van der Waals surface area contributed by atoms with E-state index in [4.69, 9.17) is 5.11 Å². The molecule has 0 radical (unpaired) electrons. The third-order valence-corrected chi connectivity index (χ3v) is 3.11. The summed E-state index contributed by atoms with van der Waals surface area (Å²) in [5.74, 6) is -0.287. The van der Waals surface area contributed by atoms with Crippen LogP contribution < -0.4 is 5.32 Å². The molecule has 1 rings (SSSR count). The van der Waals surface area contributed by atoms with Crippen molar-refractivity contribution in [3.8, 4) is 0 Å². The molecule has 1 amide bonds. The molecule has 0 aromatic carbocycles. The molecule has 94 valence electrons. The predicted octanol–water partition coefficient (Wildman–Crippen LogP) is 0.929. The molecule has 0 aliphatic rings. The van der Waals surface area contributed by atoms with E-state index in [2.05, 4.69) is 5.32 Å². The minimum Gasteiger partial charge on any atom is -0.393 e. The highest BCUT2D eigenvalue weighted by Gasteiger charge is 2.18. The summed E-state index contributed by atoms with van der Waals surface area (Å²) in [7, 11) is 0. The SMILES string of the molecule is Cc1ccc(C=CC(=O)NCC(C)(O)CO)s1. The molecular weight excluding hydrogens is 238 g/mol. The molecule has 0 saturated carbocycles. The van der Waals surface area contributed by atoms with Crippen molar-refractivity contribution < 1.29 is 15.0 Å². The van der Waals surface area contributed by atoms with Gasteiger partial charge in [-0.2, -0.15) is 0 Å². The lowest BCUT2D eigenvalue weighted by atomic mass is 10.1. The molecule has 1 atom stereocenters. The largest absolute Gasteiger partial charge is 0.393 e. The summed E-state index contributed by atoms with van der Waals surface area (Å²) < 4.78 is 0. The average molecular weight is 255 g/mol. The van der Waals surface area contributed by atoms with Crippen molar-refractivity contribution in [3.05, 3.63) is 28.0 Å². The Morgan fingerprint density at radius 3 is 2.82 bits per heavy atom. The summed E-state index contributed by atoms with van der Waals surface area (Å²) >= 11 is 1.60. The van der Waals surface area contributed by atoms with E-state index in [1.807, 2.05) is 19.1 Å². The van der Waals surface area contributed by atoms with Gasteiger partial charge >= 0.3 is 0 Å². The van der Waals surface area contributed by atoms with E-state index in [1.54, 1.807) is 17.4 Å². The number of hydrogen-bond donors (Lipinski definition) is 3. The maximum atomic E-state index is 11.4. The van der Waals surface area contributed by atoms with E-state index < -0.39 is 5.60 Å². The molecule has 1 unspecified atom stereocenters. The summed E-state index contributed by atoms with van der Waals surface area (Å²) in [4.78, 5) is 13.6. The van der Waals surface area contributed by atoms with Crippen LogP contribution in [0.1, 0.15) is 16.7 Å². The van der Waals surface area contributed by atoms with Crippen LogP contribution in [0.25, 0.3) is 6.08 Å². The molecule has 0 aliphatic heterocycles. The quantitative estimate of drug-likeness (QED) is 0.686. The van der Waals surface area contributed by atoms with E-state index in [1.165, 1.54) is 17.9 Å². The number of hydrogen-bond acceptors (Lipinski definition) is 4. The van der Waals surface area contributed by atoms with Crippen molar-refractivity contribution in [2.75, 3.05) is 13.2 Å². The molecule has 1 aromatic rings. The minimum atomic E-state index is -1.27. The standard InChI is InChI=1S/C12H17NO3S/c1-9-3-4-10(17-9)5-6-11(15)13-7-12(2,16)8-14/h3-6,14,16H,7-8H2,1-2H3,(H,13,15). The van der Waals surface area contributed by atoms with Crippen molar-refractivity contribution in [1.29, 1.82) is 0 Å². The van der Waals surface area contributed by atoms with Crippen LogP contribution in [-0.4, -0.2) is 34.9 Å². The van der Waals surface area contributed by atoms with Crippen molar-refractivity contribution in [2.45, 2.75) is 19.4 Å². The Morgan fingerprint density at radius 2 is 2.29 bits per heavy atom. The number of aliphatic hydroxyl groups excluding tert-OH is 1. The number of nitrogens with one attached hydrogen (secondary N) is 1. The lowest BCUT2D eigenvalue weighted by Gasteiger charge is -2.19. The second kappa shape index (κ2) is 5.95. The second-order valence-electron chi connectivity index (χ2n) is 4.15. The van der Waals surface area contributed by atoms with Crippen molar-refractivity contribution in [3.63, 3.8) is 0 Å². The van der Waals surface area contributed by atoms with Crippen LogP contribution in [0.2, 0.25) is 0 Å². The maximum Gasteiger partial charge on any atom is 0.244 e. The zero-order valence-corrected chi connectivity index (χ0v) is 10.8. The van der Waals surface area contributed by atoms with E-state index >= 15 is 0 Å². The first kappa shape index (κ1) is 13.9. The van der Waals surface area contributed by atoms with Gasteiger partial charge in [0, 0.05) is 22.4 Å². The van der Waals surface area contributed by atoms with Gasteiger partial charge in [-0.15, -0.1) is 11.3 Å². The summed E-state index contributed by atoms with van der Waals surface area (Å²) in [6.07, 6.45) is 3.14. The van der Waals surface area contributed by atoms with Gasteiger partial charge in [0.25, 0.3) is 0 Å². The van der Waals surface area contributed by atoms with Crippen molar-refractivity contribution in [1.82, 2.24) is 5.32 Å². The first-order valence-electron chi connectivity index (χ1n) is 5.28. The van der Waals surface area contributed by atoms with Gasteiger partial charge in [0.05, 0.1) is 6.61 Å². The van der Waals surface area contributed by atoms with Gasteiger partial charge in [0.2, 0.25) is 5.91 Å². The Balaban J connectivity index is 2.42. The van der Waals surface area contributed by atoms with Crippen molar-refractivity contribution in [2.24, 2.45) is 0 Å². The summed E-state index contributed by atoms with van der Waals surface area (Å²) in [6.45, 7) is 3.09. The molecule has 0 saturated heterocycles. The zero-order valence-electron chi connectivity index (χ0n) is 9.93. The van der Waals surface area contributed by atoms with E-state index in [-0.39, 0.29) is 19.1 Å². The molecule has 0 spiro atoms. The molecule has 0 aliphatic carbocycles. The van der Waals surface area contributed by atoms with Gasteiger partial charge in [-0.1, -0.05) is 0 Å². The van der Waals surface area contributed by atoms with Gasteiger partial charge in [-0.05, 0) is 32.1 Å². The normalized spacial score (nSPS) is 14.8. The summed E-state index contributed by atoms with van der Waals surface area (Å²) in [6, 6.07) is 3.92. The van der Waals surface area contributed by atoms with Crippen LogP contribution in [0, 0.1) is 6.92 Å². The topological polar surface area (TPSA) is 69.6 Å². The molecule has 0 bridgehead atoms. The average Bonchev–Trinajstić information content (AvgIpc) is 2.70. The smallest absolute Gasteiger partial charge is 0.244 e. The second-order valence-corrected chi connectivity index (χ2v) is 5.47. The van der Waals surface area contributed by atoms with Crippen LogP contribution in [0.4, 0.5) is 0 Å². The molecule has 4 nitrogen and oxygen atoms in total. The third kappa shape index (κ3) is 5.12. The highest BCUT2D eigenvalue weighted by Crippen LogP contribution is 2.16. The Kier molecular flexibility index (Phi) is 4.86. The fourth-order valence-corrected chi connectivity index (χ4v) is 1.87. The molecule has 1 aromatic heterocycles. The molecule has 5 heteroatoms. The third-order valence-electron chi connectivity index (χ3n) is 2.14. The number of carbonyl (C=O) groups excluding carboxylic acids is 1. The van der Waals surface area contributed by atoms with Gasteiger partial charge in [0.1, 0.15) is 5.60 Å². The Hall–Kier alpha value is -1.17. The first-order chi connectivity index (χ1) is 7.93. The van der Waals surface area contributed by atoms with Gasteiger partial charge in [-0.3, -0.25) is 4.79 Å². The summed E-state index contributed by atoms with van der Waals surface area (Å²) in [5.41, 5.74) is -1.27. The van der Waals surface area contributed by atoms with Gasteiger partial charge in [-0.25, -0.2) is 0 Å². The Bertz CT molecular complexity index is 410. The minimum absolute atomic E-state index is 0.0239. The highest BCUT2D eigenvalue weighted by molar-refractivity contribution is 7.12. The van der Waals surface area contributed by atoms with Crippen LogP contribution in [-0.2, 0) is 4.79 Å². The monoisotopic (exact) mass is 255 g/mol. The van der Waals surface area contributed by atoms with Gasteiger partial charge in [0.15, 0.2) is 0 Å². The zero-order chi connectivity index (χ0) is 12.9. The van der Waals surface area contributed by atoms with E-state index in [0.29, 0.717) is 0 Å². The highest BCUT2D eigenvalue weighted by atomic mass is 32.1. The lowest BCUT2D eigenvalue weighted by Crippen LogP contribution is -2.42. The molecule has 3 N–H and O–H groups in total. The lowest BCUT2D eigenvalue weighted by molar-refractivity contribution is -0.117. The summed E-state index contributed by atoms with van der Waals surface area (Å²) in [5, 5.41) is 20.8.